The lowest BCUT2D eigenvalue weighted by molar-refractivity contribution is -0.135. The molecule has 0 radical (unpaired) electrons. The van der Waals surface area contributed by atoms with E-state index in [2.05, 4.69) is 42.9 Å². The molecular formula is C18H29N3O3. The lowest BCUT2D eigenvalue weighted by Crippen LogP contribution is -2.56. The molecule has 3 unspecified atom stereocenters. The van der Waals surface area contributed by atoms with Gasteiger partial charge in [-0.2, -0.15) is 0 Å². The van der Waals surface area contributed by atoms with Crippen LogP contribution >= 0.6 is 0 Å². The number of carbonyl (C=O) groups is 1. The number of morpholine rings is 1. The summed E-state index contributed by atoms with van der Waals surface area (Å²) >= 11 is 0. The first-order valence-corrected chi connectivity index (χ1v) is 8.57. The molecule has 0 saturated carbocycles. The molecule has 2 heterocycles. The van der Waals surface area contributed by atoms with Crippen LogP contribution in [0.3, 0.4) is 0 Å². The van der Waals surface area contributed by atoms with Gasteiger partial charge in [0.05, 0.1) is 25.4 Å². The maximum Gasteiger partial charge on any atom is 0.237 e. The Morgan fingerprint density at radius 2 is 2.08 bits per heavy atom. The third kappa shape index (κ3) is 4.68. The van der Waals surface area contributed by atoms with E-state index in [1.807, 2.05) is 12.1 Å². The van der Waals surface area contributed by atoms with E-state index in [-0.39, 0.29) is 30.1 Å². The van der Waals surface area contributed by atoms with Crippen LogP contribution in [0.5, 0.6) is 5.88 Å². The molecule has 1 N–H and O–H groups in total. The number of nitrogens with one attached hydrogen (secondary N) is 1. The number of methoxy groups -OCH3 is 1. The number of carbonyl (C=O) groups excluding carboxylic acids is 1. The number of rotatable bonds is 6. The zero-order valence-corrected chi connectivity index (χ0v) is 15.3. The average molecular weight is 335 g/mol. The molecule has 1 aromatic rings. The minimum atomic E-state index is -0.165. The molecule has 1 amide bonds. The Kier molecular flexibility index (Phi) is 6.57. The number of nitrogens with zero attached hydrogens (tertiary/aromatic N) is 2. The summed E-state index contributed by atoms with van der Waals surface area (Å²) in [4.78, 5) is 19.2. The van der Waals surface area contributed by atoms with Crippen molar-refractivity contribution in [3.05, 3.63) is 23.9 Å². The number of hydrogen-bond acceptors (Lipinski definition) is 5. The molecule has 3 atom stereocenters. The molecule has 2 rings (SSSR count). The van der Waals surface area contributed by atoms with Crippen molar-refractivity contribution in [1.29, 1.82) is 0 Å². The lowest BCUT2D eigenvalue weighted by atomic mass is 9.99. The van der Waals surface area contributed by atoms with Crippen molar-refractivity contribution in [3.8, 4) is 5.88 Å². The number of pyridine rings is 1. The normalized spacial score (nSPS) is 23.1. The third-order valence-corrected chi connectivity index (χ3v) is 4.24. The second kappa shape index (κ2) is 8.44. The zero-order chi connectivity index (χ0) is 17.7. The van der Waals surface area contributed by atoms with Gasteiger partial charge in [-0.15, -0.1) is 0 Å². The van der Waals surface area contributed by atoms with Gasteiger partial charge in [-0.05, 0) is 25.8 Å². The molecule has 1 aromatic heterocycles. The van der Waals surface area contributed by atoms with Crippen LogP contribution in [0, 0.1) is 5.92 Å². The molecule has 0 aliphatic carbocycles. The van der Waals surface area contributed by atoms with Gasteiger partial charge >= 0.3 is 0 Å². The minimum absolute atomic E-state index is 0.0391. The summed E-state index contributed by atoms with van der Waals surface area (Å²) in [6.45, 7) is 10.2. The van der Waals surface area contributed by atoms with Crippen LogP contribution < -0.4 is 10.1 Å². The molecule has 1 aliphatic rings. The standard InChI is InChI=1S/C18H29N3O3/c1-12(2)16(21-10-13(3)24-14(4)11-21)17(22)20-9-15-7-6-8-19-18(15)23-5/h6-8,12-14,16H,9-11H2,1-5H3,(H,20,22). The van der Waals surface area contributed by atoms with Crippen LogP contribution in [-0.2, 0) is 16.1 Å². The van der Waals surface area contributed by atoms with E-state index >= 15 is 0 Å². The van der Waals surface area contributed by atoms with Gasteiger partial charge in [0.15, 0.2) is 0 Å². The van der Waals surface area contributed by atoms with E-state index in [9.17, 15) is 4.79 Å². The smallest absolute Gasteiger partial charge is 0.237 e. The summed E-state index contributed by atoms with van der Waals surface area (Å²) in [5.74, 6) is 0.808. The highest BCUT2D eigenvalue weighted by Gasteiger charge is 2.34. The summed E-state index contributed by atoms with van der Waals surface area (Å²) in [6, 6.07) is 3.59. The fourth-order valence-electron chi connectivity index (χ4n) is 3.36. The zero-order valence-electron chi connectivity index (χ0n) is 15.3. The van der Waals surface area contributed by atoms with Crippen LogP contribution in [-0.4, -0.2) is 54.2 Å². The van der Waals surface area contributed by atoms with Crippen molar-refractivity contribution < 1.29 is 14.3 Å². The van der Waals surface area contributed by atoms with E-state index in [1.165, 1.54) is 0 Å². The lowest BCUT2D eigenvalue weighted by Gasteiger charge is -2.41. The fraction of sp³-hybridized carbons (Fsp3) is 0.667. The maximum atomic E-state index is 12.8. The van der Waals surface area contributed by atoms with E-state index < -0.39 is 0 Å². The molecule has 1 saturated heterocycles. The van der Waals surface area contributed by atoms with Gasteiger partial charge in [0, 0.05) is 31.4 Å². The van der Waals surface area contributed by atoms with E-state index in [1.54, 1.807) is 13.3 Å². The Bertz CT molecular complexity index is 540. The molecule has 1 fully saturated rings. The summed E-state index contributed by atoms with van der Waals surface area (Å²) < 4.78 is 11.0. The van der Waals surface area contributed by atoms with Gasteiger partial charge in [-0.1, -0.05) is 19.9 Å². The Hall–Kier alpha value is -1.66. The number of aromatic nitrogens is 1. The fourth-order valence-corrected chi connectivity index (χ4v) is 3.36. The van der Waals surface area contributed by atoms with E-state index in [4.69, 9.17) is 9.47 Å². The van der Waals surface area contributed by atoms with Crippen LogP contribution in [0.1, 0.15) is 33.3 Å². The average Bonchev–Trinajstić information content (AvgIpc) is 2.52. The van der Waals surface area contributed by atoms with Crippen molar-refractivity contribution >= 4 is 5.91 Å². The minimum Gasteiger partial charge on any atom is -0.481 e. The number of hydrogen-bond donors (Lipinski definition) is 1. The molecular weight excluding hydrogens is 306 g/mol. The van der Waals surface area contributed by atoms with Gasteiger partial charge < -0.3 is 14.8 Å². The number of amides is 1. The van der Waals surface area contributed by atoms with Crippen LogP contribution in [0.4, 0.5) is 0 Å². The van der Waals surface area contributed by atoms with Crippen LogP contribution in [0.2, 0.25) is 0 Å². The van der Waals surface area contributed by atoms with Crippen LogP contribution in [0.25, 0.3) is 0 Å². The summed E-state index contributed by atoms with van der Waals surface area (Å²) in [6.07, 6.45) is 1.96. The first-order chi connectivity index (χ1) is 11.4. The van der Waals surface area contributed by atoms with Crippen LogP contribution in [0.15, 0.2) is 18.3 Å². The summed E-state index contributed by atoms with van der Waals surface area (Å²) in [5, 5.41) is 3.04. The van der Waals surface area contributed by atoms with Crippen molar-refractivity contribution in [1.82, 2.24) is 15.2 Å². The summed E-state index contributed by atoms with van der Waals surface area (Å²) in [7, 11) is 1.58. The van der Waals surface area contributed by atoms with Crippen molar-refractivity contribution in [3.63, 3.8) is 0 Å². The first kappa shape index (κ1) is 18.7. The van der Waals surface area contributed by atoms with Crippen molar-refractivity contribution in [2.75, 3.05) is 20.2 Å². The molecule has 0 bridgehead atoms. The van der Waals surface area contributed by atoms with Gasteiger partial charge in [0.2, 0.25) is 11.8 Å². The monoisotopic (exact) mass is 335 g/mol. The van der Waals surface area contributed by atoms with Gasteiger partial charge in [0.1, 0.15) is 0 Å². The highest BCUT2D eigenvalue weighted by Crippen LogP contribution is 2.19. The Morgan fingerprint density at radius 1 is 1.42 bits per heavy atom. The Labute approximate surface area is 144 Å². The van der Waals surface area contributed by atoms with E-state index in [0.29, 0.717) is 12.4 Å². The Balaban J connectivity index is 2.04. The molecule has 6 nitrogen and oxygen atoms in total. The predicted octanol–water partition coefficient (Wildman–Crippen LogP) is 1.84. The van der Waals surface area contributed by atoms with Gasteiger partial charge in [0.25, 0.3) is 0 Å². The topological polar surface area (TPSA) is 63.7 Å². The van der Waals surface area contributed by atoms with E-state index in [0.717, 1.165) is 18.7 Å². The van der Waals surface area contributed by atoms with Crippen molar-refractivity contribution in [2.24, 2.45) is 5.92 Å². The maximum absolute atomic E-state index is 12.8. The summed E-state index contributed by atoms with van der Waals surface area (Å²) in [5.41, 5.74) is 0.875. The van der Waals surface area contributed by atoms with Crippen molar-refractivity contribution in [2.45, 2.75) is 52.5 Å². The SMILES string of the molecule is COc1ncccc1CNC(=O)C(C(C)C)N1CC(C)OC(C)C1. The molecule has 24 heavy (non-hydrogen) atoms. The molecule has 0 aromatic carbocycles. The third-order valence-electron chi connectivity index (χ3n) is 4.24. The second-order valence-corrected chi connectivity index (χ2v) is 6.79. The van der Waals surface area contributed by atoms with Gasteiger partial charge in [-0.25, -0.2) is 4.98 Å². The molecule has 134 valence electrons. The molecule has 0 spiro atoms. The predicted molar refractivity (Wildman–Crippen MR) is 92.8 cm³/mol. The van der Waals surface area contributed by atoms with Gasteiger partial charge in [-0.3, -0.25) is 9.69 Å². The molecule has 1 aliphatic heterocycles. The Morgan fingerprint density at radius 3 is 2.67 bits per heavy atom. The largest absolute Gasteiger partial charge is 0.481 e. The highest BCUT2D eigenvalue weighted by atomic mass is 16.5. The quantitative estimate of drug-likeness (QED) is 0.859. The number of ether oxygens (including phenoxy) is 2. The highest BCUT2D eigenvalue weighted by molar-refractivity contribution is 5.82. The second-order valence-electron chi connectivity index (χ2n) is 6.79. The molecule has 6 heteroatoms. The first-order valence-electron chi connectivity index (χ1n) is 8.57.